The number of hydrogen-bond acceptors (Lipinski definition) is 2. The monoisotopic (exact) mass is 311 g/mol. The zero-order chi connectivity index (χ0) is 13.5. The summed E-state index contributed by atoms with van der Waals surface area (Å²) in [4.78, 5) is 14.0. The Balaban J connectivity index is 2.13. The number of amides is 1. The Morgan fingerprint density at radius 3 is 2.61 bits per heavy atom. The molecular weight excluding hydrogens is 294 g/mol. The predicted octanol–water partition coefficient (Wildman–Crippen LogP) is 2.60. The van der Waals surface area contributed by atoms with Crippen LogP contribution in [0.15, 0.2) is 22.7 Å². The van der Waals surface area contributed by atoms with Gasteiger partial charge in [0, 0.05) is 4.47 Å². The Kier molecular flexibility index (Phi) is 3.52. The summed E-state index contributed by atoms with van der Waals surface area (Å²) < 4.78 is 0.804. The molecule has 0 bridgehead atoms. The molecule has 1 aromatic rings. The van der Waals surface area contributed by atoms with Crippen LogP contribution in [0.4, 0.5) is 0 Å². The molecule has 18 heavy (non-hydrogen) atoms. The lowest BCUT2D eigenvalue weighted by molar-refractivity contribution is -0.110. The van der Waals surface area contributed by atoms with Crippen molar-refractivity contribution in [3.8, 4) is 0 Å². The van der Waals surface area contributed by atoms with Crippen LogP contribution in [0.1, 0.15) is 29.8 Å². The predicted molar refractivity (Wildman–Crippen MR) is 74.6 cm³/mol. The van der Waals surface area contributed by atoms with Gasteiger partial charge in [0.2, 0.25) is 0 Å². The third kappa shape index (κ3) is 2.31. The highest BCUT2D eigenvalue weighted by molar-refractivity contribution is 9.10. The molecule has 0 atom stereocenters. The molecule has 1 heterocycles. The first-order valence-electron chi connectivity index (χ1n) is 6.11. The molecule has 0 aromatic heterocycles. The molecule has 2 rings (SSSR count). The lowest BCUT2D eigenvalue weighted by Crippen LogP contribution is -2.66. The molecule has 1 fully saturated rings. The largest absolute Gasteiger partial charge is 0.386 e. The van der Waals surface area contributed by atoms with Crippen LogP contribution in [0.3, 0.4) is 0 Å². The summed E-state index contributed by atoms with van der Waals surface area (Å²) in [6.07, 6.45) is 0. The van der Waals surface area contributed by atoms with Gasteiger partial charge in [0.25, 0.3) is 5.91 Å². The van der Waals surface area contributed by atoms with Gasteiger partial charge < -0.3 is 10.0 Å². The van der Waals surface area contributed by atoms with E-state index in [2.05, 4.69) is 15.9 Å². The molecule has 0 radical (unpaired) electrons. The summed E-state index contributed by atoms with van der Waals surface area (Å²) in [5.74, 6) is 0.151. The van der Waals surface area contributed by atoms with Crippen molar-refractivity contribution in [2.24, 2.45) is 5.92 Å². The quantitative estimate of drug-likeness (QED) is 0.912. The van der Waals surface area contributed by atoms with Gasteiger partial charge in [0.1, 0.15) is 5.60 Å². The van der Waals surface area contributed by atoms with Crippen molar-refractivity contribution < 1.29 is 9.90 Å². The van der Waals surface area contributed by atoms with Crippen molar-refractivity contribution >= 4 is 21.8 Å². The van der Waals surface area contributed by atoms with Gasteiger partial charge >= 0.3 is 0 Å². The van der Waals surface area contributed by atoms with E-state index >= 15 is 0 Å². The van der Waals surface area contributed by atoms with Gasteiger partial charge in [-0.3, -0.25) is 4.79 Å². The summed E-state index contributed by atoms with van der Waals surface area (Å²) in [5.41, 5.74) is 1.01. The highest BCUT2D eigenvalue weighted by atomic mass is 79.9. The SMILES string of the molecule is Cc1ccc(Br)c(C(=O)N2CC(O)(C(C)C)C2)c1. The second-order valence-corrected chi connectivity index (χ2v) is 6.26. The lowest BCUT2D eigenvalue weighted by atomic mass is 9.82. The highest BCUT2D eigenvalue weighted by Crippen LogP contribution is 2.31. The average Bonchev–Trinajstić information content (AvgIpc) is 2.27. The Hall–Kier alpha value is -0.870. The minimum absolute atomic E-state index is 0.0177. The first-order valence-corrected chi connectivity index (χ1v) is 6.90. The number of aliphatic hydroxyl groups is 1. The van der Waals surface area contributed by atoms with Gasteiger partial charge in [0.15, 0.2) is 0 Å². The van der Waals surface area contributed by atoms with Crippen LogP contribution in [0.25, 0.3) is 0 Å². The maximum atomic E-state index is 12.3. The molecule has 1 amide bonds. The van der Waals surface area contributed by atoms with E-state index in [4.69, 9.17) is 0 Å². The molecule has 1 N–H and O–H groups in total. The number of β-amino-alcohol motifs (C(OH)–C–C–N with tert-alkyl or cyclic N) is 1. The summed E-state index contributed by atoms with van der Waals surface area (Å²) in [7, 11) is 0. The smallest absolute Gasteiger partial charge is 0.255 e. The zero-order valence-electron chi connectivity index (χ0n) is 10.9. The number of halogens is 1. The van der Waals surface area contributed by atoms with Crippen LogP contribution in [-0.4, -0.2) is 34.6 Å². The molecule has 0 aliphatic carbocycles. The summed E-state index contributed by atoms with van der Waals surface area (Å²) in [6, 6.07) is 5.72. The van der Waals surface area contributed by atoms with Gasteiger partial charge in [-0.1, -0.05) is 25.5 Å². The Morgan fingerprint density at radius 1 is 1.44 bits per heavy atom. The first kappa shape index (κ1) is 13.6. The minimum atomic E-state index is -0.716. The van der Waals surface area contributed by atoms with Crippen LogP contribution >= 0.6 is 15.9 Å². The molecule has 1 aliphatic heterocycles. The Labute approximate surface area is 116 Å². The van der Waals surface area contributed by atoms with Gasteiger partial charge in [-0.25, -0.2) is 0 Å². The molecule has 98 valence electrons. The number of aryl methyl sites for hydroxylation is 1. The fraction of sp³-hybridized carbons (Fsp3) is 0.500. The van der Waals surface area contributed by atoms with Gasteiger partial charge in [-0.05, 0) is 40.9 Å². The molecule has 4 heteroatoms. The van der Waals surface area contributed by atoms with Crippen molar-refractivity contribution in [1.82, 2.24) is 4.90 Å². The number of likely N-dealkylation sites (tertiary alicyclic amines) is 1. The molecule has 0 spiro atoms. The topological polar surface area (TPSA) is 40.5 Å². The normalized spacial score (nSPS) is 17.8. The van der Waals surface area contributed by atoms with Gasteiger partial charge in [-0.15, -0.1) is 0 Å². The molecule has 0 saturated carbocycles. The highest BCUT2D eigenvalue weighted by Gasteiger charge is 2.46. The standard InChI is InChI=1S/C14H18BrNO2/c1-9(2)14(18)7-16(8-14)13(17)11-6-10(3)4-5-12(11)15/h4-6,9,18H,7-8H2,1-3H3. The van der Waals surface area contributed by atoms with Gasteiger partial charge in [0.05, 0.1) is 18.7 Å². The van der Waals surface area contributed by atoms with E-state index in [0.717, 1.165) is 10.0 Å². The van der Waals surface area contributed by atoms with E-state index in [1.54, 1.807) is 4.90 Å². The van der Waals surface area contributed by atoms with E-state index in [0.29, 0.717) is 18.7 Å². The average molecular weight is 312 g/mol. The lowest BCUT2D eigenvalue weighted by Gasteiger charge is -2.49. The number of rotatable bonds is 2. The van der Waals surface area contributed by atoms with Crippen molar-refractivity contribution in [2.45, 2.75) is 26.4 Å². The first-order chi connectivity index (χ1) is 8.33. The fourth-order valence-corrected chi connectivity index (χ4v) is 2.51. The fourth-order valence-electron chi connectivity index (χ4n) is 2.10. The molecule has 0 unspecified atom stereocenters. The molecule has 3 nitrogen and oxygen atoms in total. The number of benzene rings is 1. The van der Waals surface area contributed by atoms with E-state index in [1.165, 1.54) is 0 Å². The van der Waals surface area contributed by atoms with E-state index in [1.807, 2.05) is 39.0 Å². The third-order valence-electron chi connectivity index (χ3n) is 3.64. The van der Waals surface area contributed by atoms with E-state index in [9.17, 15) is 9.90 Å². The summed E-state index contributed by atoms with van der Waals surface area (Å²) >= 11 is 3.40. The zero-order valence-corrected chi connectivity index (χ0v) is 12.5. The van der Waals surface area contributed by atoms with Crippen molar-refractivity contribution in [2.75, 3.05) is 13.1 Å². The van der Waals surface area contributed by atoms with Crippen LogP contribution in [0, 0.1) is 12.8 Å². The Morgan fingerprint density at radius 2 is 2.06 bits per heavy atom. The molecule has 1 aliphatic rings. The molecular formula is C14H18BrNO2. The van der Waals surface area contributed by atoms with Crippen molar-refractivity contribution in [3.63, 3.8) is 0 Å². The second kappa shape index (κ2) is 4.67. The molecule has 1 aromatic carbocycles. The number of carbonyl (C=O) groups excluding carboxylic acids is 1. The summed E-state index contributed by atoms with van der Waals surface area (Å²) in [5, 5.41) is 10.2. The Bertz CT molecular complexity index is 479. The van der Waals surface area contributed by atoms with Crippen molar-refractivity contribution in [1.29, 1.82) is 0 Å². The van der Waals surface area contributed by atoms with Crippen LogP contribution < -0.4 is 0 Å². The van der Waals surface area contributed by atoms with Gasteiger partial charge in [-0.2, -0.15) is 0 Å². The second-order valence-electron chi connectivity index (χ2n) is 5.40. The number of carbonyl (C=O) groups is 1. The van der Waals surface area contributed by atoms with Crippen LogP contribution in [-0.2, 0) is 0 Å². The maximum Gasteiger partial charge on any atom is 0.255 e. The number of nitrogens with zero attached hydrogens (tertiary/aromatic N) is 1. The van der Waals surface area contributed by atoms with E-state index in [-0.39, 0.29) is 11.8 Å². The van der Waals surface area contributed by atoms with Crippen LogP contribution in [0.5, 0.6) is 0 Å². The third-order valence-corrected chi connectivity index (χ3v) is 4.34. The molecule has 1 saturated heterocycles. The van der Waals surface area contributed by atoms with Crippen LogP contribution in [0.2, 0.25) is 0 Å². The van der Waals surface area contributed by atoms with Crippen molar-refractivity contribution in [3.05, 3.63) is 33.8 Å². The van der Waals surface area contributed by atoms with E-state index < -0.39 is 5.60 Å². The summed E-state index contributed by atoms with van der Waals surface area (Å²) in [6.45, 7) is 6.76. The number of hydrogen-bond donors (Lipinski definition) is 1. The minimum Gasteiger partial charge on any atom is -0.386 e. The maximum absolute atomic E-state index is 12.3.